The molecule has 0 N–H and O–H groups in total. The van der Waals surface area contributed by atoms with Crippen molar-refractivity contribution < 1.29 is 9.31 Å². The van der Waals surface area contributed by atoms with Crippen LogP contribution in [0.3, 0.4) is 0 Å². The monoisotopic (exact) mass is 492 g/mol. The molecule has 1 fully saturated rings. The molecule has 3 heteroatoms. The fraction of sp³-hybridized carbons (Fsp3) is 0.200. The highest BCUT2D eigenvalue weighted by Gasteiger charge is 2.54. The summed E-state index contributed by atoms with van der Waals surface area (Å²) >= 11 is 0. The number of rotatable bonds is 1. The van der Waals surface area contributed by atoms with Gasteiger partial charge in [-0.3, -0.25) is 0 Å². The van der Waals surface area contributed by atoms with Crippen molar-refractivity contribution in [2.75, 3.05) is 0 Å². The van der Waals surface area contributed by atoms with Crippen molar-refractivity contribution >= 4 is 23.4 Å². The van der Waals surface area contributed by atoms with Crippen molar-refractivity contribution in [2.24, 2.45) is 0 Å². The molecule has 1 atom stereocenters. The lowest BCUT2D eigenvalue weighted by molar-refractivity contribution is 0.00578. The highest BCUT2D eigenvalue weighted by molar-refractivity contribution is 6.62. The Morgan fingerprint density at radius 2 is 1.03 bits per heavy atom. The van der Waals surface area contributed by atoms with Crippen LogP contribution in [-0.2, 0) is 14.7 Å². The van der Waals surface area contributed by atoms with Gasteiger partial charge in [-0.15, -0.1) is 0 Å². The molecule has 1 unspecified atom stereocenters. The maximum absolute atomic E-state index is 6.52. The van der Waals surface area contributed by atoms with Gasteiger partial charge in [0, 0.05) is 0 Å². The summed E-state index contributed by atoms with van der Waals surface area (Å²) in [6, 6.07) is 38.3. The molecular weight excluding hydrogens is 463 g/mol. The topological polar surface area (TPSA) is 18.5 Å². The zero-order valence-corrected chi connectivity index (χ0v) is 22.2. The molecule has 0 amide bonds. The van der Waals surface area contributed by atoms with Crippen molar-refractivity contribution in [1.29, 1.82) is 0 Å². The van der Waals surface area contributed by atoms with Crippen molar-refractivity contribution in [3.63, 3.8) is 0 Å². The largest absolute Gasteiger partial charge is 0.494 e. The Labute approximate surface area is 224 Å². The lowest BCUT2D eigenvalue weighted by atomic mass is 9.61. The Kier molecular flexibility index (Phi) is 4.26. The Morgan fingerprint density at radius 3 is 1.71 bits per heavy atom. The van der Waals surface area contributed by atoms with Crippen molar-refractivity contribution in [2.45, 2.75) is 44.3 Å². The van der Waals surface area contributed by atoms with Crippen molar-refractivity contribution in [3.05, 3.63) is 125 Å². The van der Waals surface area contributed by atoms with Crippen LogP contribution in [0.2, 0.25) is 0 Å². The van der Waals surface area contributed by atoms with Gasteiger partial charge in [0.1, 0.15) is 0 Å². The molecule has 0 bridgehead atoms. The van der Waals surface area contributed by atoms with E-state index >= 15 is 0 Å². The predicted molar refractivity (Wildman–Crippen MR) is 156 cm³/mol. The third kappa shape index (κ3) is 2.61. The van der Waals surface area contributed by atoms with Gasteiger partial charge in [0.05, 0.1) is 16.6 Å². The lowest BCUT2D eigenvalue weighted by Gasteiger charge is -2.40. The quantitative estimate of drug-likeness (QED) is 0.221. The second-order valence-corrected chi connectivity index (χ2v) is 11.9. The lowest BCUT2D eigenvalue weighted by Crippen LogP contribution is -2.41. The van der Waals surface area contributed by atoms with Crippen LogP contribution < -0.4 is 5.46 Å². The maximum atomic E-state index is 6.52. The van der Waals surface area contributed by atoms with E-state index in [9.17, 15) is 0 Å². The summed E-state index contributed by atoms with van der Waals surface area (Å²) in [5, 5.41) is 2.62. The van der Waals surface area contributed by atoms with Gasteiger partial charge in [-0.2, -0.15) is 0 Å². The van der Waals surface area contributed by atoms with Crippen molar-refractivity contribution in [3.8, 4) is 22.3 Å². The van der Waals surface area contributed by atoms with Crippen LogP contribution >= 0.6 is 0 Å². The minimum Gasteiger partial charge on any atom is -0.399 e. The average Bonchev–Trinajstić information content (AvgIpc) is 3.34. The Morgan fingerprint density at radius 1 is 0.500 bits per heavy atom. The van der Waals surface area contributed by atoms with Crippen LogP contribution in [0.4, 0.5) is 0 Å². The molecule has 1 aliphatic heterocycles. The van der Waals surface area contributed by atoms with E-state index in [-0.39, 0.29) is 11.2 Å². The normalized spacial score (nSPS) is 21.4. The zero-order chi connectivity index (χ0) is 25.9. The first-order chi connectivity index (χ1) is 18.3. The zero-order valence-electron chi connectivity index (χ0n) is 22.2. The van der Waals surface area contributed by atoms with Gasteiger partial charge in [0.15, 0.2) is 0 Å². The van der Waals surface area contributed by atoms with Crippen LogP contribution in [0.25, 0.3) is 33.0 Å². The Balaban J connectivity index is 1.49. The van der Waals surface area contributed by atoms with Gasteiger partial charge in [-0.25, -0.2) is 0 Å². The van der Waals surface area contributed by atoms with E-state index in [0.29, 0.717) is 0 Å². The summed E-state index contributed by atoms with van der Waals surface area (Å²) in [6.07, 6.45) is 0. The van der Waals surface area contributed by atoms with E-state index < -0.39 is 12.5 Å². The molecule has 0 saturated carbocycles. The molecule has 2 aliphatic carbocycles. The molecule has 1 spiro atoms. The summed E-state index contributed by atoms with van der Waals surface area (Å²) < 4.78 is 13.0. The van der Waals surface area contributed by atoms with Gasteiger partial charge in [0.2, 0.25) is 0 Å². The minimum absolute atomic E-state index is 0.390. The highest BCUT2D eigenvalue weighted by Crippen LogP contribution is 2.61. The van der Waals surface area contributed by atoms with Crippen LogP contribution in [0.5, 0.6) is 0 Å². The van der Waals surface area contributed by atoms with E-state index in [0.717, 1.165) is 5.46 Å². The van der Waals surface area contributed by atoms with E-state index in [1.807, 2.05) is 0 Å². The standard InChI is InChI=1S/C35H29BO2/c1-33(2)34(3,4)38-36(37-33)23-19-20-26-24-13-5-7-16-28(24)35(31(26)21-23)29-17-8-6-14-25(29)27-15-9-11-22-12-10-18-30(35)32(22)27/h5-21H,1-4H3. The maximum Gasteiger partial charge on any atom is 0.494 e. The molecule has 1 heterocycles. The van der Waals surface area contributed by atoms with E-state index in [4.69, 9.17) is 9.31 Å². The number of benzene rings is 5. The fourth-order valence-corrected chi connectivity index (χ4v) is 7.07. The molecule has 0 radical (unpaired) electrons. The first kappa shape index (κ1) is 22.3. The van der Waals surface area contributed by atoms with E-state index in [2.05, 4.69) is 131 Å². The first-order valence-electron chi connectivity index (χ1n) is 13.5. The van der Waals surface area contributed by atoms with Gasteiger partial charge in [-0.1, -0.05) is 103 Å². The molecule has 8 rings (SSSR count). The SMILES string of the molecule is CC1(C)OB(c2ccc3c(c2)C2(c4ccccc4-3)c3ccccc3-c3cccc4cccc2c34)OC1(C)C. The summed E-state index contributed by atoms with van der Waals surface area (Å²) in [7, 11) is -0.409. The molecule has 1 saturated heterocycles. The molecule has 184 valence electrons. The van der Waals surface area contributed by atoms with Gasteiger partial charge in [-0.05, 0) is 88.4 Å². The smallest absolute Gasteiger partial charge is 0.399 e. The highest BCUT2D eigenvalue weighted by atomic mass is 16.7. The van der Waals surface area contributed by atoms with Crippen molar-refractivity contribution in [1.82, 2.24) is 0 Å². The number of hydrogen-bond acceptors (Lipinski definition) is 2. The summed E-state index contributed by atoms with van der Waals surface area (Å²) in [6.45, 7) is 8.47. The molecule has 5 aromatic rings. The van der Waals surface area contributed by atoms with Crippen LogP contribution in [0.1, 0.15) is 49.9 Å². The second-order valence-electron chi connectivity index (χ2n) is 11.9. The summed E-state index contributed by atoms with van der Waals surface area (Å²) in [4.78, 5) is 0. The van der Waals surface area contributed by atoms with Crippen LogP contribution in [0, 0.1) is 0 Å². The fourth-order valence-electron chi connectivity index (χ4n) is 7.07. The molecular formula is C35H29BO2. The summed E-state index contributed by atoms with van der Waals surface area (Å²) in [5.41, 5.74) is 10.4. The third-order valence-corrected chi connectivity index (χ3v) is 9.52. The Hall–Kier alpha value is -3.66. The van der Waals surface area contributed by atoms with Gasteiger partial charge >= 0.3 is 7.12 Å². The predicted octanol–water partition coefficient (Wildman–Crippen LogP) is 7.48. The van der Waals surface area contributed by atoms with Crippen LogP contribution in [0.15, 0.2) is 103 Å². The molecule has 0 aromatic heterocycles. The molecule has 38 heavy (non-hydrogen) atoms. The number of fused-ring (bicyclic) bond motifs is 9. The van der Waals surface area contributed by atoms with Gasteiger partial charge in [0.25, 0.3) is 0 Å². The third-order valence-electron chi connectivity index (χ3n) is 9.52. The first-order valence-corrected chi connectivity index (χ1v) is 13.5. The molecule has 5 aromatic carbocycles. The van der Waals surface area contributed by atoms with Gasteiger partial charge < -0.3 is 9.31 Å². The minimum atomic E-state index is -0.421. The summed E-state index contributed by atoms with van der Waals surface area (Å²) in [5.74, 6) is 0. The molecule has 2 nitrogen and oxygen atoms in total. The Bertz CT molecular complexity index is 1780. The van der Waals surface area contributed by atoms with E-state index in [1.54, 1.807) is 0 Å². The van der Waals surface area contributed by atoms with Crippen LogP contribution in [-0.4, -0.2) is 18.3 Å². The average molecular weight is 492 g/mol. The van der Waals surface area contributed by atoms with E-state index in [1.165, 1.54) is 55.3 Å². The second kappa shape index (κ2) is 7.25. The molecule has 3 aliphatic rings. The number of hydrogen-bond donors (Lipinski definition) is 0.